The second-order valence-electron chi connectivity index (χ2n) is 10.4. The van der Waals surface area contributed by atoms with Crippen LogP contribution in [-0.4, -0.2) is 34.9 Å². The van der Waals surface area contributed by atoms with Crippen molar-refractivity contribution in [1.29, 1.82) is 0 Å². The topological polar surface area (TPSA) is 58.6 Å². The van der Waals surface area contributed by atoms with Gasteiger partial charge in [0, 0.05) is 18.5 Å². The van der Waals surface area contributed by atoms with Crippen LogP contribution in [0.1, 0.15) is 49.9 Å². The number of nitrogens with one attached hydrogen (secondary N) is 1. The number of aryl methyl sites for hydroxylation is 2. The molecule has 0 aliphatic rings. The number of rotatable bonds is 10. The molecule has 0 unspecified atom stereocenters. The summed E-state index contributed by atoms with van der Waals surface area (Å²) in [6.07, 6.45) is 1.31. The Morgan fingerprint density at radius 3 is 2.27 bits per heavy atom. The standard InChI is InChI=1S/C31H37BrN2O3/c1-6-23-15-16-28(26(32)18-23)37-21-29(35)34(20-25-14-10-11-22(2)17-25)27(30(36)33-31(3,4)5)19-24-12-8-7-9-13-24/h7-18,27H,6,19-21H2,1-5H3,(H,33,36)/t27-/m1/s1. The third-order valence-electron chi connectivity index (χ3n) is 5.96. The van der Waals surface area contributed by atoms with Crippen LogP contribution >= 0.6 is 15.9 Å². The molecule has 1 atom stereocenters. The zero-order valence-corrected chi connectivity index (χ0v) is 24.0. The van der Waals surface area contributed by atoms with E-state index in [9.17, 15) is 9.59 Å². The van der Waals surface area contributed by atoms with Crippen molar-refractivity contribution in [1.82, 2.24) is 10.2 Å². The number of hydrogen-bond donors (Lipinski definition) is 1. The minimum atomic E-state index is -0.704. The number of amides is 2. The molecule has 0 saturated heterocycles. The van der Waals surface area contributed by atoms with Crippen LogP contribution < -0.4 is 10.1 Å². The van der Waals surface area contributed by atoms with E-state index in [4.69, 9.17) is 4.74 Å². The SMILES string of the molecule is CCc1ccc(OCC(=O)N(Cc2cccc(C)c2)[C@H](Cc2ccccc2)C(=O)NC(C)(C)C)c(Br)c1. The summed E-state index contributed by atoms with van der Waals surface area (Å²) in [4.78, 5) is 29.0. The van der Waals surface area contributed by atoms with Crippen LogP contribution in [-0.2, 0) is 29.0 Å². The van der Waals surface area contributed by atoms with Gasteiger partial charge in [0.1, 0.15) is 11.8 Å². The van der Waals surface area contributed by atoms with Gasteiger partial charge in [0.15, 0.2) is 6.61 Å². The van der Waals surface area contributed by atoms with Crippen LogP contribution in [0.25, 0.3) is 0 Å². The molecule has 2 amide bonds. The van der Waals surface area contributed by atoms with Crippen molar-refractivity contribution in [3.63, 3.8) is 0 Å². The number of carbonyl (C=O) groups is 2. The van der Waals surface area contributed by atoms with Crippen molar-refractivity contribution in [3.8, 4) is 5.75 Å². The Hall–Kier alpha value is -3.12. The Bertz CT molecular complexity index is 1200. The smallest absolute Gasteiger partial charge is 0.261 e. The van der Waals surface area contributed by atoms with Crippen LogP contribution in [0.5, 0.6) is 5.75 Å². The highest BCUT2D eigenvalue weighted by molar-refractivity contribution is 9.10. The quantitative estimate of drug-likeness (QED) is 0.316. The molecule has 0 bridgehead atoms. The summed E-state index contributed by atoms with van der Waals surface area (Å²) in [5.74, 6) is 0.156. The molecule has 37 heavy (non-hydrogen) atoms. The van der Waals surface area contributed by atoms with Gasteiger partial charge < -0.3 is 15.0 Å². The van der Waals surface area contributed by atoms with E-state index < -0.39 is 11.6 Å². The lowest BCUT2D eigenvalue weighted by atomic mass is 10.0. The van der Waals surface area contributed by atoms with E-state index in [-0.39, 0.29) is 18.4 Å². The first kappa shape index (κ1) is 28.5. The van der Waals surface area contributed by atoms with Crippen molar-refractivity contribution < 1.29 is 14.3 Å². The third-order valence-corrected chi connectivity index (χ3v) is 6.58. The second kappa shape index (κ2) is 12.9. The van der Waals surface area contributed by atoms with Crippen LogP contribution in [0.15, 0.2) is 77.3 Å². The lowest BCUT2D eigenvalue weighted by Gasteiger charge is -2.34. The van der Waals surface area contributed by atoms with Crippen molar-refractivity contribution in [2.24, 2.45) is 0 Å². The van der Waals surface area contributed by atoms with E-state index in [1.165, 1.54) is 5.56 Å². The molecule has 0 radical (unpaired) electrons. The fourth-order valence-corrected chi connectivity index (χ4v) is 4.66. The molecule has 6 heteroatoms. The number of carbonyl (C=O) groups excluding carboxylic acids is 2. The van der Waals surface area contributed by atoms with Gasteiger partial charge in [-0.05, 0) is 78.9 Å². The molecule has 0 saturated carbocycles. The van der Waals surface area contributed by atoms with Crippen molar-refractivity contribution in [3.05, 3.63) is 99.5 Å². The molecule has 1 N–H and O–H groups in total. The van der Waals surface area contributed by atoms with E-state index in [1.54, 1.807) is 4.90 Å². The Labute approximate surface area is 229 Å². The lowest BCUT2D eigenvalue weighted by molar-refractivity contribution is -0.143. The van der Waals surface area contributed by atoms with Gasteiger partial charge in [0.25, 0.3) is 5.91 Å². The number of halogens is 1. The monoisotopic (exact) mass is 564 g/mol. The summed E-state index contributed by atoms with van der Waals surface area (Å²) >= 11 is 3.55. The minimum absolute atomic E-state index is 0.177. The molecule has 0 fully saturated rings. The molecule has 0 heterocycles. The van der Waals surface area contributed by atoms with Crippen molar-refractivity contribution in [2.75, 3.05) is 6.61 Å². The molecule has 5 nitrogen and oxygen atoms in total. The van der Waals surface area contributed by atoms with E-state index in [1.807, 2.05) is 100 Å². The highest BCUT2D eigenvalue weighted by Crippen LogP contribution is 2.26. The van der Waals surface area contributed by atoms with Crippen molar-refractivity contribution >= 4 is 27.7 Å². The normalized spacial score (nSPS) is 12.1. The highest BCUT2D eigenvalue weighted by atomic mass is 79.9. The predicted molar refractivity (Wildman–Crippen MR) is 153 cm³/mol. The fraction of sp³-hybridized carbons (Fsp3) is 0.355. The maximum absolute atomic E-state index is 13.7. The maximum atomic E-state index is 13.7. The van der Waals surface area contributed by atoms with Crippen molar-refractivity contribution in [2.45, 2.75) is 65.6 Å². The number of hydrogen-bond acceptors (Lipinski definition) is 3. The molecule has 0 aromatic heterocycles. The molecule has 3 rings (SSSR count). The lowest BCUT2D eigenvalue weighted by Crippen LogP contribution is -2.55. The Morgan fingerprint density at radius 1 is 0.946 bits per heavy atom. The first-order chi connectivity index (χ1) is 17.6. The van der Waals surface area contributed by atoms with E-state index in [0.29, 0.717) is 18.7 Å². The average Bonchev–Trinajstić information content (AvgIpc) is 2.84. The van der Waals surface area contributed by atoms with Crippen LogP contribution in [0.4, 0.5) is 0 Å². The molecule has 0 aliphatic carbocycles. The average molecular weight is 566 g/mol. The fourth-order valence-electron chi connectivity index (χ4n) is 4.12. The summed E-state index contributed by atoms with van der Waals surface area (Å²) in [5.41, 5.74) is 3.78. The first-order valence-electron chi connectivity index (χ1n) is 12.7. The summed E-state index contributed by atoms with van der Waals surface area (Å²) in [6.45, 7) is 10.1. The van der Waals surface area contributed by atoms with Gasteiger partial charge in [-0.1, -0.05) is 73.2 Å². The van der Waals surface area contributed by atoms with Gasteiger partial charge in [0.05, 0.1) is 4.47 Å². The molecule has 196 valence electrons. The van der Waals surface area contributed by atoms with E-state index in [2.05, 4.69) is 28.2 Å². The summed E-state index contributed by atoms with van der Waals surface area (Å²) in [7, 11) is 0. The first-order valence-corrected chi connectivity index (χ1v) is 13.5. The maximum Gasteiger partial charge on any atom is 0.261 e. The van der Waals surface area contributed by atoms with Gasteiger partial charge >= 0.3 is 0 Å². The predicted octanol–water partition coefficient (Wildman–Crippen LogP) is 6.25. The largest absolute Gasteiger partial charge is 0.483 e. The van der Waals surface area contributed by atoms with Crippen LogP contribution in [0, 0.1) is 6.92 Å². The highest BCUT2D eigenvalue weighted by Gasteiger charge is 2.32. The van der Waals surface area contributed by atoms with Gasteiger partial charge in [-0.15, -0.1) is 0 Å². The van der Waals surface area contributed by atoms with E-state index in [0.717, 1.165) is 27.6 Å². The van der Waals surface area contributed by atoms with Crippen LogP contribution in [0.2, 0.25) is 0 Å². The summed E-state index contributed by atoms with van der Waals surface area (Å²) < 4.78 is 6.75. The molecular formula is C31H37BrN2O3. The van der Waals surface area contributed by atoms with Gasteiger partial charge in [-0.2, -0.15) is 0 Å². The second-order valence-corrected chi connectivity index (χ2v) is 11.2. The molecular weight excluding hydrogens is 528 g/mol. The minimum Gasteiger partial charge on any atom is -0.483 e. The van der Waals surface area contributed by atoms with Gasteiger partial charge in [-0.3, -0.25) is 9.59 Å². The number of ether oxygens (including phenoxy) is 1. The summed E-state index contributed by atoms with van der Waals surface area (Å²) in [6, 6.07) is 23.0. The van der Waals surface area contributed by atoms with E-state index >= 15 is 0 Å². The third kappa shape index (κ3) is 8.74. The number of benzene rings is 3. The van der Waals surface area contributed by atoms with Gasteiger partial charge in [-0.25, -0.2) is 0 Å². The zero-order chi connectivity index (χ0) is 27.0. The molecule has 3 aromatic carbocycles. The zero-order valence-electron chi connectivity index (χ0n) is 22.4. The molecule has 0 aliphatic heterocycles. The molecule has 3 aromatic rings. The summed E-state index contributed by atoms with van der Waals surface area (Å²) in [5, 5.41) is 3.09. The number of nitrogens with zero attached hydrogens (tertiary/aromatic N) is 1. The molecule has 0 spiro atoms. The Balaban J connectivity index is 1.93. The Morgan fingerprint density at radius 2 is 1.65 bits per heavy atom. The van der Waals surface area contributed by atoms with Gasteiger partial charge in [0.2, 0.25) is 5.91 Å². The van der Waals surface area contributed by atoms with Crippen LogP contribution in [0.3, 0.4) is 0 Å². The Kier molecular flexibility index (Phi) is 9.93.